The summed E-state index contributed by atoms with van der Waals surface area (Å²) in [5.74, 6) is -0.256. The largest absolute Gasteiger partial charge is 0.392 e. The number of aliphatic imine (C=N–C) groups is 2. The molecular weight excluding hydrogens is 341 g/mol. The lowest BCUT2D eigenvalue weighted by Crippen LogP contribution is -1.95. The van der Waals surface area contributed by atoms with Crippen molar-refractivity contribution < 1.29 is 9.50 Å². The van der Waals surface area contributed by atoms with Gasteiger partial charge >= 0.3 is 0 Å². The Kier molecular flexibility index (Phi) is 5.52. The van der Waals surface area contributed by atoms with Crippen molar-refractivity contribution in [3.05, 3.63) is 65.6 Å². The van der Waals surface area contributed by atoms with Crippen molar-refractivity contribution in [3.63, 3.8) is 0 Å². The van der Waals surface area contributed by atoms with Gasteiger partial charge in [0, 0.05) is 23.5 Å². The fourth-order valence-corrected chi connectivity index (χ4v) is 2.90. The van der Waals surface area contributed by atoms with Crippen LogP contribution in [0.15, 0.2) is 58.6 Å². The first-order valence-corrected chi connectivity index (χ1v) is 8.53. The Bertz CT molecular complexity index is 1030. The van der Waals surface area contributed by atoms with Crippen LogP contribution in [0.2, 0.25) is 0 Å². The van der Waals surface area contributed by atoms with Crippen molar-refractivity contribution in [3.8, 4) is 22.4 Å². The molecule has 1 heterocycles. The van der Waals surface area contributed by atoms with Gasteiger partial charge in [-0.3, -0.25) is 15.0 Å². The number of halogens is 1. The van der Waals surface area contributed by atoms with Gasteiger partial charge in [-0.25, -0.2) is 4.39 Å². The number of pyridine rings is 1. The van der Waals surface area contributed by atoms with Crippen LogP contribution in [-0.2, 0) is 6.61 Å². The van der Waals surface area contributed by atoms with Gasteiger partial charge in [0.05, 0.1) is 23.7 Å². The summed E-state index contributed by atoms with van der Waals surface area (Å²) >= 11 is 0. The lowest BCUT2D eigenvalue weighted by molar-refractivity contribution is 0.281. The van der Waals surface area contributed by atoms with E-state index in [1.807, 2.05) is 31.2 Å². The highest BCUT2D eigenvalue weighted by atomic mass is 19.1. The fourth-order valence-electron chi connectivity index (χ4n) is 2.90. The molecule has 0 unspecified atom stereocenters. The SMILES string of the molecule is C=Nc1ccc(-c2cc(CO)cnc2-c2ccc(F)c(C)c2)cc1N=CC. The number of rotatable bonds is 5. The summed E-state index contributed by atoms with van der Waals surface area (Å²) in [6.07, 6.45) is 3.32. The number of hydrogen-bond donors (Lipinski definition) is 1. The summed E-state index contributed by atoms with van der Waals surface area (Å²) in [5.41, 5.74) is 5.84. The van der Waals surface area contributed by atoms with Crippen LogP contribution in [0.4, 0.5) is 15.8 Å². The Morgan fingerprint density at radius 1 is 1.11 bits per heavy atom. The van der Waals surface area contributed by atoms with Gasteiger partial charge in [-0.1, -0.05) is 6.07 Å². The van der Waals surface area contributed by atoms with Crippen LogP contribution in [0.5, 0.6) is 0 Å². The average molecular weight is 361 g/mol. The molecule has 1 aromatic heterocycles. The van der Waals surface area contributed by atoms with E-state index in [-0.39, 0.29) is 12.4 Å². The lowest BCUT2D eigenvalue weighted by Gasteiger charge is -2.13. The summed E-state index contributed by atoms with van der Waals surface area (Å²) in [6, 6.07) is 12.5. The third-order valence-corrected chi connectivity index (χ3v) is 4.28. The third-order valence-electron chi connectivity index (χ3n) is 4.28. The number of aromatic nitrogens is 1. The van der Waals surface area contributed by atoms with Gasteiger partial charge in [-0.05, 0) is 73.7 Å². The van der Waals surface area contributed by atoms with Crippen LogP contribution in [-0.4, -0.2) is 23.0 Å². The van der Waals surface area contributed by atoms with Gasteiger partial charge in [0.25, 0.3) is 0 Å². The smallest absolute Gasteiger partial charge is 0.126 e. The van der Waals surface area contributed by atoms with E-state index < -0.39 is 0 Å². The maximum absolute atomic E-state index is 13.7. The average Bonchev–Trinajstić information content (AvgIpc) is 2.70. The van der Waals surface area contributed by atoms with E-state index in [1.54, 1.807) is 31.5 Å². The molecule has 2 aromatic carbocycles. The zero-order valence-electron chi connectivity index (χ0n) is 15.3. The van der Waals surface area contributed by atoms with E-state index in [9.17, 15) is 9.50 Å². The Morgan fingerprint density at radius 3 is 2.56 bits per heavy atom. The maximum Gasteiger partial charge on any atom is 0.126 e. The third kappa shape index (κ3) is 3.83. The normalized spacial score (nSPS) is 11.1. The van der Waals surface area contributed by atoms with Crippen molar-refractivity contribution in [1.82, 2.24) is 4.98 Å². The molecule has 0 atom stereocenters. The lowest BCUT2D eigenvalue weighted by atomic mass is 9.96. The molecule has 0 aliphatic carbocycles. The molecule has 0 saturated heterocycles. The molecule has 0 amide bonds. The Hall–Kier alpha value is -3.18. The molecule has 5 heteroatoms. The van der Waals surface area contributed by atoms with Crippen LogP contribution in [0, 0.1) is 12.7 Å². The second-order valence-electron chi connectivity index (χ2n) is 6.11. The minimum absolute atomic E-state index is 0.116. The summed E-state index contributed by atoms with van der Waals surface area (Å²) in [5, 5.41) is 9.54. The molecule has 0 bridgehead atoms. The van der Waals surface area contributed by atoms with Crippen molar-refractivity contribution in [1.29, 1.82) is 0 Å². The van der Waals surface area contributed by atoms with Crippen molar-refractivity contribution in [2.24, 2.45) is 9.98 Å². The van der Waals surface area contributed by atoms with E-state index >= 15 is 0 Å². The standard InChI is InChI=1S/C22H20FN3O/c1-4-25-21-11-16(6-8-20(21)24-3)18-10-15(13-27)12-26-22(18)17-5-7-19(23)14(2)9-17/h4-12,27H,3,13H2,1-2H3. The van der Waals surface area contributed by atoms with Crippen LogP contribution in [0.3, 0.4) is 0 Å². The number of aryl methyl sites for hydroxylation is 1. The highest BCUT2D eigenvalue weighted by Crippen LogP contribution is 2.37. The Balaban J connectivity index is 2.23. The van der Waals surface area contributed by atoms with Crippen molar-refractivity contribution in [2.45, 2.75) is 20.5 Å². The number of aliphatic hydroxyl groups is 1. The first-order chi connectivity index (χ1) is 13.1. The van der Waals surface area contributed by atoms with Gasteiger partial charge in [0.1, 0.15) is 5.82 Å². The van der Waals surface area contributed by atoms with Gasteiger partial charge < -0.3 is 5.11 Å². The molecule has 0 saturated carbocycles. The first kappa shape index (κ1) is 18.6. The molecule has 0 radical (unpaired) electrons. The van der Waals surface area contributed by atoms with Crippen LogP contribution >= 0.6 is 0 Å². The Labute approximate surface area is 157 Å². The molecule has 4 nitrogen and oxygen atoms in total. The number of benzene rings is 2. The van der Waals surface area contributed by atoms with E-state index in [1.165, 1.54) is 6.07 Å². The van der Waals surface area contributed by atoms with E-state index in [4.69, 9.17) is 0 Å². The molecule has 3 aromatic rings. The van der Waals surface area contributed by atoms with Crippen LogP contribution in [0.1, 0.15) is 18.1 Å². The molecule has 27 heavy (non-hydrogen) atoms. The quantitative estimate of drug-likeness (QED) is 0.618. The second kappa shape index (κ2) is 8.01. The molecule has 136 valence electrons. The zero-order chi connectivity index (χ0) is 19.4. The van der Waals surface area contributed by atoms with E-state index in [2.05, 4.69) is 21.7 Å². The van der Waals surface area contributed by atoms with Gasteiger partial charge in [0.15, 0.2) is 0 Å². The van der Waals surface area contributed by atoms with Gasteiger partial charge in [0.2, 0.25) is 0 Å². The van der Waals surface area contributed by atoms with Crippen molar-refractivity contribution in [2.75, 3.05) is 0 Å². The summed E-state index contributed by atoms with van der Waals surface area (Å²) in [4.78, 5) is 12.9. The van der Waals surface area contributed by atoms with Crippen LogP contribution < -0.4 is 0 Å². The first-order valence-electron chi connectivity index (χ1n) is 8.53. The van der Waals surface area contributed by atoms with E-state index in [0.717, 1.165) is 16.7 Å². The van der Waals surface area contributed by atoms with Gasteiger partial charge in [-0.2, -0.15) is 0 Å². The molecular formula is C22H20FN3O. The number of hydrogen-bond acceptors (Lipinski definition) is 4. The van der Waals surface area contributed by atoms with Crippen molar-refractivity contribution >= 4 is 24.3 Å². The minimum Gasteiger partial charge on any atom is -0.392 e. The monoisotopic (exact) mass is 361 g/mol. The highest BCUT2D eigenvalue weighted by Gasteiger charge is 2.13. The summed E-state index contributed by atoms with van der Waals surface area (Å²) in [7, 11) is 0. The minimum atomic E-state index is -0.256. The van der Waals surface area contributed by atoms with Gasteiger partial charge in [-0.15, -0.1) is 0 Å². The fraction of sp³-hybridized carbons (Fsp3) is 0.136. The predicted molar refractivity (Wildman–Crippen MR) is 109 cm³/mol. The summed E-state index contributed by atoms with van der Waals surface area (Å²) in [6.45, 7) is 7.02. The molecule has 0 fully saturated rings. The molecule has 0 aliphatic heterocycles. The molecule has 0 spiro atoms. The summed E-state index contributed by atoms with van der Waals surface area (Å²) < 4.78 is 13.7. The van der Waals surface area contributed by atoms with Crippen LogP contribution in [0.25, 0.3) is 22.4 Å². The van der Waals surface area contributed by atoms with E-state index in [0.29, 0.717) is 28.2 Å². The molecule has 0 aliphatic rings. The number of nitrogens with zero attached hydrogens (tertiary/aromatic N) is 3. The zero-order valence-corrected chi connectivity index (χ0v) is 15.3. The Morgan fingerprint density at radius 2 is 1.89 bits per heavy atom. The topological polar surface area (TPSA) is 57.8 Å². The molecule has 1 N–H and O–H groups in total. The maximum atomic E-state index is 13.7. The highest BCUT2D eigenvalue weighted by molar-refractivity contribution is 5.85. The molecule has 3 rings (SSSR count). The predicted octanol–water partition coefficient (Wildman–Crippen LogP) is 5.41. The second-order valence-corrected chi connectivity index (χ2v) is 6.11. The number of aliphatic hydroxyl groups excluding tert-OH is 1.